The molecule has 1 aromatic rings. The highest BCUT2D eigenvalue weighted by Gasteiger charge is 2.34. The maximum Gasteiger partial charge on any atom is 0.245 e. The van der Waals surface area contributed by atoms with Crippen LogP contribution in [0.25, 0.3) is 0 Å². The van der Waals surface area contributed by atoms with E-state index in [0.717, 1.165) is 10.5 Å². The quantitative estimate of drug-likeness (QED) is 0.0611. The molecule has 0 fully saturated rings. The molecule has 296 valence electrons. The second-order valence-corrected chi connectivity index (χ2v) is 13.9. The summed E-state index contributed by atoms with van der Waals surface area (Å²) in [7, 11) is 1.38. The van der Waals surface area contributed by atoms with Gasteiger partial charge in [-0.05, 0) is 56.6 Å². The minimum Gasteiger partial charge on any atom is -0.368 e. The Labute approximate surface area is 311 Å². The Kier molecular flexibility index (Phi) is 20.4. The van der Waals surface area contributed by atoms with Gasteiger partial charge in [0.15, 0.2) is 0 Å². The lowest BCUT2D eigenvalue weighted by Gasteiger charge is -2.30. The van der Waals surface area contributed by atoms with Crippen LogP contribution in [-0.4, -0.2) is 109 Å². The Bertz CT molecular complexity index is 1410. The van der Waals surface area contributed by atoms with Gasteiger partial charge in [-0.2, -0.15) is 0 Å². The van der Waals surface area contributed by atoms with Crippen molar-refractivity contribution in [2.24, 2.45) is 23.3 Å². The van der Waals surface area contributed by atoms with Gasteiger partial charge in [0.1, 0.15) is 30.2 Å². The van der Waals surface area contributed by atoms with Crippen molar-refractivity contribution in [3.63, 3.8) is 0 Å². The third-order valence-electron chi connectivity index (χ3n) is 8.14. The fraction of sp³-hybridized carbons (Fsp3) is 0.611. The van der Waals surface area contributed by atoms with Gasteiger partial charge in [0.05, 0.1) is 13.1 Å². The first-order valence-electron chi connectivity index (χ1n) is 17.9. The van der Waals surface area contributed by atoms with Crippen LogP contribution in [0.1, 0.15) is 72.8 Å². The van der Waals surface area contributed by atoms with Crippen LogP contribution in [0.2, 0.25) is 0 Å². The highest BCUT2D eigenvalue weighted by atomic mass is 16.2. The summed E-state index contributed by atoms with van der Waals surface area (Å²) in [5, 5.41) is 15.6. The third-order valence-corrected chi connectivity index (χ3v) is 8.14. The Morgan fingerprint density at radius 3 is 1.89 bits per heavy atom. The summed E-state index contributed by atoms with van der Waals surface area (Å²) in [6.45, 7) is 9.44. The molecule has 1 rings (SSSR count). The van der Waals surface area contributed by atoms with Crippen molar-refractivity contribution in [1.82, 2.24) is 36.8 Å². The zero-order valence-electron chi connectivity index (χ0n) is 32.0. The lowest BCUT2D eigenvalue weighted by atomic mass is 9.98. The van der Waals surface area contributed by atoms with Crippen LogP contribution in [0.15, 0.2) is 30.3 Å². The fourth-order valence-electron chi connectivity index (χ4n) is 5.20. The molecular weight excluding hydrogens is 686 g/mol. The van der Waals surface area contributed by atoms with Crippen molar-refractivity contribution in [2.45, 2.75) is 104 Å². The summed E-state index contributed by atoms with van der Waals surface area (Å²) >= 11 is 0. The van der Waals surface area contributed by atoms with Gasteiger partial charge in [0.25, 0.3) is 0 Å². The third kappa shape index (κ3) is 17.8. The van der Waals surface area contributed by atoms with E-state index in [0.29, 0.717) is 19.4 Å². The number of nitrogens with one attached hydrogen (secondary N) is 6. The molecule has 0 spiro atoms. The zero-order valence-corrected chi connectivity index (χ0v) is 32.0. The van der Waals surface area contributed by atoms with Crippen LogP contribution in [0.3, 0.4) is 0 Å². The molecular formula is C36H59N9O8. The van der Waals surface area contributed by atoms with Crippen molar-refractivity contribution >= 4 is 47.3 Å². The van der Waals surface area contributed by atoms with Crippen LogP contribution in [0.4, 0.5) is 0 Å². The average Bonchev–Trinajstić information content (AvgIpc) is 3.08. The Morgan fingerprint density at radius 1 is 0.736 bits per heavy atom. The number of carbonyl (C=O) groups excluding carboxylic acids is 8. The van der Waals surface area contributed by atoms with Gasteiger partial charge in [-0.15, -0.1) is 0 Å². The predicted octanol–water partition coefficient (Wildman–Crippen LogP) is -1.42. The van der Waals surface area contributed by atoms with Crippen molar-refractivity contribution in [1.29, 1.82) is 0 Å². The number of amides is 8. The van der Waals surface area contributed by atoms with E-state index in [4.69, 9.17) is 11.5 Å². The van der Waals surface area contributed by atoms with Gasteiger partial charge in [0, 0.05) is 20.4 Å². The first-order valence-corrected chi connectivity index (χ1v) is 17.9. The van der Waals surface area contributed by atoms with E-state index in [1.165, 1.54) is 20.9 Å². The van der Waals surface area contributed by atoms with Crippen molar-refractivity contribution in [3.8, 4) is 0 Å². The van der Waals surface area contributed by atoms with Crippen molar-refractivity contribution < 1.29 is 38.4 Å². The molecule has 0 aliphatic heterocycles. The Balaban J connectivity index is 3.24. The van der Waals surface area contributed by atoms with Crippen LogP contribution < -0.4 is 43.4 Å². The molecule has 8 amide bonds. The first-order chi connectivity index (χ1) is 24.9. The standard InChI is InChI=1S/C36H59N9O8/c1-21(2)17-27(42-33(50)26(15-11-12-16-37)41-29(47)19-39-24(6)46)34(51)44-31(22(3)4)35(52)43-28(18-25-13-9-8-10-14-25)36(53)45(7)20-30(48)40-23(5)32(38)49/h8-10,13-14,21-23,26-28,31H,11-12,15-20,37H2,1-7H3,(H2,38,49)(H,39,46)(H,40,48)(H,41,47)(H,42,50)(H,43,52)(H,44,51). The van der Waals surface area contributed by atoms with E-state index in [1.807, 2.05) is 13.8 Å². The van der Waals surface area contributed by atoms with Crippen LogP contribution >= 0.6 is 0 Å². The van der Waals surface area contributed by atoms with Crippen LogP contribution in [-0.2, 0) is 44.8 Å². The zero-order chi connectivity index (χ0) is 40.2. The SMILES string of the molecule is CC(=O)NCC(=O)NC(CCCCN)C(=O)NC(CC(C)C)C(=O)NC(C(=O)NC(Cc1ccccc1)C(=O)N(C)CC(=O)NC(C)C(N)=O)C(C)C. The molecule has 0 bridgehead atoms. The summed E-state index contributed by atoms with van der Waals surface area (Å²) in [6, 6.07) is 3.57. The maximum absolute atomic E-state index is 13.8. The summed E-state index contributed by atoms with van der Waals surface area (Å²) in [5.74, 6) is -5.41. The maximum atomic E-state index is 13.8. The molecule has 0 radical (unpaired) electrons. The highest BCUT2D eigenvalue weighted by Crippen LogP contribution is 2.12. The van der Waals surface area contributed by atoms with Gasteiger partial charge >= 0.3 is 0 Å². The van der Waals surface area contributed by atoms with Crippen LogP contribution in [0, 0.1) is 11.8 Å². The number of carbonyl (C=O) groups is 8. The van der Waals surface area contributed by atoms with Crippen molar-refractivity contribution in [3.05, 3.63) is 35.9 Å². The Morgan fingerprint density at radius 2 is 1.34 bits per heavy atom. The largest absolute Gasteiger partial charge is 0.368 e. The summed E-state index contributed by atoms with van der Waals surface area (Å²) < 4.78 is 0. The molecule has 5 unspecified atom stereocenters. The normalized spacial score (nSPS) is 13.8. The molecule has 5 atom stereocenters. The molecule has 0 aromatic heterocycles. The molecule has 17 nitrogen and oxygen atoms in total. The lowest BCUT2D eigenvalue weighted by molar-refractivity contribution is -0.139. The topological polar surface area (TPSA) is 264 Å². The lowest BCUT2D eigenvalue weighted by Crippen LogP contribution is -2.60. The summed E-state index contributed by atoms with van der Waals surface area (Å²) in [4.78, 5) is 104. The predicted molar refractivity (Wildman–Crippen MR) is 198 cm³/mol. The molecule has 17 heteroatoms. The minimum atomic E-state index is -1.14. The number of hydrogen-bond acceptors (Lipinski definition) is 9. The van der Waals surface area contributed by atoms with E-state index < -0.39 is 89.9 Å². The number of benzene rings is 1. The summed E-state index contributed by atoms with van der Waals surface area (Å²) in [6.07, 6.45) is 1.62. The smallest absolute Gasteiger partial charge is 0.245 e. The number of rotatable bonds is 23. The molecule has 1 aromatic carbocycles. The molecule has 0 saturated heterocycles. The van der Waals surface area contributed by atoms with Gasteiger partial charge in [-0.25, -0.2) is 0 Å². The molecule has 10 N–H and O–H groups in total. The molecule has 0 aliphatic rings. The second kappa shape index (κ2) is 23.5. The van der Waals surface area contributed by atoms with Gasteiger partial charge in [0.2, 0.25) is 47.3 Å². The van der Waals surface area contributed by atoms with E-state index in [9.17, 15) is 38.4 Å². The number of nitrogens with two attached hydrogens (primary N) is 2. The van der Waals surface area contributed by atoms with Gasteiger partial charge in [-0.3, -0.25) is 38.4 Å². The minimum absolute atomic E-state index is 0.0611. The van der Waals surface area contributed by atoms with E-state index in [2.05, 4.69) is 31.9 Å². The monoisotopic (exact) mass is 745 g/mol. The number of unbranched alkanes of at least 4 members (excludes halogenated alkanes) is 1. The second-order valence-electron chi connectivity index (χ2n) is 13.9. The molecule has 0 heterocycles. The number of primary amides is 1. The number of nitrogens with zero attached hydrogens (tertiary/aromatic N) is 1. The fourth-order valence-corrected chi connectivity index (χ4v) is 5.20. The van der Waals surface area contributed by atoms with E-state index >= 15 is 0 Å². The van der Waals surface area contributed by atoms with Crippen LogP contribution in [0.5, 0.6) is 0 Å². The molecule has 0 aliphatic carbocycles. The molecule has 0 saturated carbocycles. The summed E-state index contributed by atoms with van der Waals surface area (Å²) in [5.41, 5.74) is 11.6. The average molecular weight is 746 g/mol. The number of likely N-dealkylation sites (N-methyl/N-ethyl adjacent to an activating group) is 1. The van der Waals surface area contributed by atoms with E-state index in [1.54, 1.807) is 44.2 Å². The highest BCUT2D eigenvalue weighted by molar-refractivity contribution is 5.96. The Hall–Kier alpha value is -5.06. The number of hydrogen-bond donors (Lipinski definition) is 8. The molecule has 53 heavy (non-hydrogen) atoms. The van der Waals surface area contributed by atoms with Gasteiger partial charge in [-0.1, -0.05) is 58.0 Å². The first kappa shape index (κ1) is 46.0. The van der Waals surface area contributed by atoms with E-state index in [-0.39, 0.29) is 31.7 Å². The van der Waals surface area contributed by atoms with Crippen molar-refractivity contribution in [2.75, 3.05) is 26.7 Å². The van der Waals surface area contributed by atoms with Gasteiger partial charge < -0.3 is 48.3 Å².